The maximum atomic E-state index is 6.15. The first-order valence-corrected chi connectivity index (χ1v) is 6.58. The Kier molecular flexibility index (Phi) is 5.22. The lowest BCUT2D eigenvalue weighted by atomic mass is 10.0. The van der Waals surface area contributed by atoms with Crippen LogP contribution >= 0.6 is 0 Å². The van der Waals surface area contributed by atoms with Gasteiger partial charge in [-0.05, 0) is 45.9 Å². The predicted octanol–water partition coefficient (Wildman–Crippen LogP) is 3.10. The van der Waals surface area contributed by atoms with Crippen molar-refractivity contribution in [3.05, 3.63) is 23.7 Å². The molecule has 0 aliphatic carbocycles. The molecule has 3 nitrogen and oxygen atoms in total. The first-order chi connectivity index (χ1) is 8.01. The maximum absolute atomic E-state index is 6.15. The lowest BCUT2D eigenvalue weighted by Crippen LogP contribution is -2.43. The lowest BCUT2D eigenvalue weighted by Gasteiger charge is -2.36. The molecule has 17 heavy (non-hydrogen) atoms. The van der Waals surface area contributed by atoms with Gasteiger partial charge in [0.05, 0.1) is 6.04 Å². The summed E-state index contributed by atoms with van der Waals surface area (Å²) in [6, 6.07) is 4.81. The van der Waals surface area contributed by atoms with E-state index in [0.29, 0.717) is 6.04 Å². The molecular formula is C14H26N2O. The van der Waals surface area contributed by atoms with Gasteiger partial charge in [-0.3, -0.25) is 4.90 Å². The van der Waals surface area contributed by atoms with Crippen LogP contribution in [0.15, 0.2) is 16.5 Å². The van der Waals surface area contributed by atoms with Gasteiger partial charge < -0.3 is 10.2 Å². The number of nitrogens with two attached hydrogens (primary N) is 1. The second-order valence-corrected chi connectivity index (χ2v) is 4.84. The van der Waals surface area contributed by atoms with Crippen LogP contribution in [-0.2, 0) is 0 Å². The molecule has 0 aliphatic rings. The lowest BCUT2D eigenvalue weighted by molar-refractivity contribution is 0.114. The van der Waals surface area contributed by atoms with Gasteiger partial charge in [0, 0.05) is 12.1 Å². The van der Waals surface area contributed by atoms with Crippen LogP contribution < -0.4 is 5.73 Å². The molecule has 3 heteroatoms. The number of rotatable bonds is 6. The summed E-state index contributed by atoms with van der Waals surface area (Å²) in [7, 11) is 0. The minimum absolute atomic E-state index is 0.0644. The van der Waals surface area contributed by atoms with Gasteiger partial charge in [0.15, 0.2) is 0 Å². The molecule has 0 aliphatic heterocycles. The molecule has 2 N–H and O–H groups in total. The Morgan fingerprint density at radius 2 is 1.94 bits per heavy atom. The summed E-state index contributed by atoms with van der Waals surface area (Å²) < 4.78 is 5.76. The van der Waals surface area contributed by atoms with Gasteiger partial charge in [0.25, 0.3) is 0 Å². The van der Waals surface area contributed by atoms with E-state index >= 15 is 0 Å². The van der Waals surface area contributed by atoms with Crippen LogP contribution in [0.3, 0.4) is 0 Å². The minimum Gasteiger partial charge on any atom is -0.465 e. The quantitative estimate of drug-likeness (QED) is 0.828. The van der Waals surface area contributed by atoms with Gasteiger partial charge in [0.1, 0.15) is 11.5 Å². The Bertz CT molecular complexity index is 333. The van der Waals surface area contributed by atoms with E-state index in [1.54, 1.807) is 0 Å². The zero-order valence-corrected chi connectivity index (χ0v) is 11.7. The molecule has 0 radical (unpaired) electrons. The van der Waals surface area contributed by atoms with Crippen molar-refractivity contribution in [2.24, 2.45) is 5.73 Å². The molecule has 3 unspecified atom stereocenters. The van der Waals surface area contributed by atoms with Crippen molar-refractivity contribution < 1.29 is 4.42 Å². The summed E-state index contributed by atoms with van der Waals surface area (Å²) in [6.07, 6.45) is 1.12. The van der Waals surface area contributed by atoms with E-state index in [1.807, 2.05) is 19.9 Å². The SMILES string of the molecule is CCC(C)N(CC)C(c1ccc(C)o1)C(C)N. The summed E-state index contributed by atoms with van der Waals surface area (Å²) in [5.41, 5.74) is 6.15. The van der Waals surface area contributed by atoms with Gasteiger partial charge in [-0.15, -0.1) is 0 Å². The molecule has 0 aromatic carbocycles. The van der Waals surface area contributed by atoms with E-state index < -0.39 is 0 Å². The van der Waals surface area contributed by atoms with Crippen molar-refractivity contribution in [2.75, 3.05) is 6.54 Å². The summed E-state index contributed by atoms with van der Waals surface area (Å²) in [4.78, 5) is 2.42. The third-order valence-electron chi connectivity index (χ3n) is 3.43. The Labute approximate surface area is 105 Å². The van der Waals surface area contributed by atoms with Crippen LogP contribution in [0.1, 0.15) is 51.7 Å². The topological polar surface area (TPSA) is 42.4 Å². The smallest absolute Gasteiger partial charge is 0.122 e. The van der Waals surface area contributed by atoms with Gasteiger partial charge in [0.2, 0.25) is 0 Å². The highest BCUT2D eigenvalue weighted by atomic mass is 16.3. The molecule has 1 aromatic rings. The molecule has 0 amide bonds. The third kappa shape index (κ3) is 3.33. The Balaban J connectivity index is 2.99. The molecule has 1 aromatic heterocycles. The molecule has 0 bridgehead atoms. The number of hydrogen-bond acceptors (Lipinski definition) is 3. The van der Waals surface area contributed by atoms with E-state index in [9.17, 15) is 0 Å². The van der Waals surface area contributed by atoms with Gasteiger partial charge in [-0.25, -0.2) is 0 Å². The molecule has 0 fully saturated rings. The monoisotopic (exact) mass is 238 g/mol. The Morgan fingerprint density at radius 3 is 2.29 bits per heavy atom. The fourth-order valence-corrected chi connectivity index (χ4v) is 2.35. The highest BCUT2D eigenvalue weighted by Gasteiger charge is 2.28. The zero-order valence-electron chi connectivity index (χ0n) is 11.7. The Morgan fingerprint density at radius 1 is 1.29 bits per heavy atom. The van der Waals surface area contributed by atoms with E-state index in [0.717, 1.165) is 24.5 Å². The molecule has 98 valence electrons. The van der Waals surface area contributed by atoms with Crippen LogP contribution in [0.2, 0.25) is 0 Å². The maximum Gasteiger partial charge on any atom is 0.122 e. The van der Waals surface area contributed by atoms with Crippen molar-refractivity contribution in [1.29, 1.82) is 0 Å². The molecule has 1 rings (SSSR count). The van der Waals surface area contributed by atoms with E-state index in [-0.39, 0.29) is 12.1 Å². The molecule has 3 atom stereocenters. The highest BCUT2D eigenvalue weighted by Crippen LogP contribution is 2.27. The second-order valence-electron chi connectivity index (χ2n) is 4.84. The third-order valence-corrected chi connectivity index (χ3v) is 3.43. The number of hydrogen-bond donors (Lipinski definition) is 1. The molecule has 0 spiro atoms. The first kappa shape index (κ1) is 14.3. The zero-order chi connectivity index (χ0) is 13.0. The fourth-order valence-electron chi connectivity index (χ4n) is 2.35. The highest BCUT2D eigenvalue weighted by molar-refractivity contribution is 5.12. The van der Waals surface area contributed by atoms with Crippen LogP contribution in [-0.4, -0.2) is 23.5 Å². The largest absolute Gasteiger partial charge is 0.465 e. The Hall–Kier alpha value is -0.800. The van der Waals surface area contributed by atoms with Gasteiger partial charge >= 0.3 is 0 Å². The van der Waals surface area contributed by atoms with E-state index in [2.05, 4.69) is 31.7 Å². The molecule has 0 saturated heterocycles. The molecule has 1 heterocycles. The predicted molar refractivity (Wildman–Crippen MR) is 72.0 cm³/mol. The normalized spacial score (nSPS) is 17.1. The minimum atomic E-state index is 0.0644. The van der Waals surface area contributed by atoms with Crippen LogP contribution in [0.4, 0.5) is 0 Å². The summed E-state index contributed by atoms with van der Waals surface area (Å²) in [5.74, 6) is 1.94. The number of aryl methyl sites for hydroxylation is 1. The molecule has 0 saturated carbocycles. The van der Waals surface area contributed by atoms with Crippen molar-refractivity contribution in [3.8, 4) is 0 Å². The average Bonchev–Trinajstić information content (AvgIpc) is 2.70. The van der Waals surface area contributed by atoms with Crippen LogP contribution in [0.25, 0.3) is 0 Å². The van der Waals surface area contributed by atoms with E-state index in [1.165, 1.54) is 0 Å². The number of nitrogens with zero attached hydrogens (tertiary/aromatic N) is 1. The van der Waals surface area contributed by atoms with Gasteiger partial charge in [-0.1, -0.05) is 13.8 Å². The second kappa shape index (κ2) is 6.22. The van der Waals surface area contributed by atoms with E-state index in [4.69, 9.17) is 10.2 Å². The van der Waals surface area contributed by atoms with Crippen LogP contribution in [0, 0.1) is 6.92 Å². The van der Waals surface area contributed by atoms with Crippen molar-refractivity contribution in [2.45, 2.75) is 59.2 Å². The standard InChI is InChI=1S/C14H26N2O/c1-6-10(3)16(7-2)14(12(5)15)13-9-8-11(4)17-13/h8-10,12,14H,6-7,15H2,1-5H3. The van der Waals surface area contributed by atoms with Crippen molar-refractivity contribution in [1.82, 2.24) is 4.90 Å². The first-order valence-electron chi connectivity index (χ1n) is 6.58. The van der Waals surface area contributed by atoms with Crippen LogP contribution in [0.5, 0.6) is 0 Å². The molecular weight excluding hydrogens is 212 g/mol. The fraction of sp³-hybridized carbons (Fsp3) is 0.714. The summed E-state index contributed by atoms with van der Waals surface area (Å²) >= 11 is 0. The summed E-state index contributed by atoms with van der Waals surface area (Å²) in [5, 5.41) is 0. The van der Waals surface area contributed by atoms with Crippen molar-refractivity contribution in [3.63, 3.8) is 0 Å². The number of furan rings is 1. The summed E-state index contributed by atoms with van der Waals surface area (Å²) in [6.45, 7) is 11.6. The number of likely N-dealkylation sites (N-methyl/N-ethyl adjacent to an activating group) is 1. The van der Waals surface area contributed by atoms with Gasteiger partial charge in [-0.2, -0.15) is 0 Å². The van der Waals surface area contributed by atoms with Crippen molar-refractivity contribution >= 4 is 0 Å². The average molecular weight is 238 g/mol.